The molecule has 6 nitrogen and oxygen atoms in total. The number of nitrogens with zero attached hydrogens (tertiary/aromatic N) is 2. The van der Waals surface area contributed by atoms with Gasteiger partial charge in [-0.2, -0.15) is 0 Å². The summed E-state index contributed by atoms with van der Waals surface area (Å²) >= 11 is 0. The van der Waals surface area contributed by atoms with Crippen LogP contribution in [-0.2, 0) is 16.0 Å². The van der Waals surface area contributed by atoms with E-state index in [9.17, 15) is 18.8 Å². The van der Waals surface area contributed by atoms with Crippen LogP contribution in [0.25, 0.3) is 0 Å². The number of benzene rings is 1. The molecule has 1 aliphatic rings. The van der Waals surface area contributed by atoms with Crippen LogP contribution in [0.5, 0.6) is 0 Å². The highest BCUT2D eigenvalue weighted by Gasteiger charge is 2.32. The first-order valence-electron chi connectivity index (χ1n) is 7.54. The van der Waals surface area contributed by atoms with Gasteiger partial charge >= 0.3 is 6.03 Å². The number of carbonyl (C=O) groups excluding carboxylic acids is 3. The van der Waals surface area contributed by atoms with Crippen molar-refractivity contribution in [2.24, 2.45) is 0 Å². The van der Waals surface area contributed by atoms with Crippen molar-refractivity contribution in [3.8, 4) is 0 Å². The molecule has 1 heterocycles. The zero-order valence-corrected chi connectivity index (χ0v) is 13.0. The van der Waals surface area contributed by atoms with E-state index in [1.807, 2.05) is 0 Å². The second kappa shape index (κ2) is 7.71. The first-order chi connectivity index (χ1) is 11.0. The van der Waals surface area contributed by atoms with E-state index < -0.39 is 0 Å². The van der Waals surface area contributed by atoms with Gasteiger partial charge in [0, 0.05) is 26.6 Å². The molecular formula is C16H20FN3O3. The molecule has 2 rings (SSSR count). The minimum atomic E-state index is -0.318. The van der Waals surface area contributed by atoms with Gasteiger partial charge in [-0.05, 0) is 30.5 Å². The topological polar surface area (TPSA) is 69.7 Å². The van der Waals surface area contributed by atoms with E-state index in [-0.39, 0.29) is 43.2 Å². The Bertz CT molecular complexity index is 606. The third-order valence-electron chi connectivity index (χ3n) is 3.64. The summed E-state index contributed by atoms with van der Waals surface area (Å²) in [4.78, 5) is 37.4. The van der Waals surface area contributed by atoms with Crippen LogP contribution in [0, 0.1) is 5.82 Å². The zero-order valence-electron chi connectivity index (χ0n) is 13.0. The molecule has 0 bridgehead atoms. The lowest BCUT2D eigenvalue weighted by Gasteiger charge is -2.13. The van der Waals surface area contributed by atoms with Crippen molar-refractivity contribution in [2.45, 2.75) is 19.3 Å². The van der Waals surface area contributed by atoms with Crippen LogP contribution < -0.4 is 5.32 Å². The van der Waals surface area contributed by atoms with Crippen molar-refractivity contribution in [3.05, 3.63) is 35.6 Å². The van der Waals surface area contributed by atoms with Gasteiger partial charge in [0.05, 0.1) is 0 Å². The maximum Gasteiger partial charge on any atom is 0.326 e. The summed E-state index contributed by atoms with van der Waals surface area (Å²) in [6.07, 6.45) is 1.22. The number of carbonyl (C=O) groups is 3. The van der Waals surface area contributed by atoms with Crippen LogP contribution in [-0.4, -0.2) is 54.3 Å². The fourth-order valence-electron chi connectivity index (χ4n) is 2.41. The third kappa shape index (κ3) is 4.77. The first kappa shape index (κ1) is 16.9. The normalized spacial score (nSPS) is 14.5. The minimum absolute atomic E-state index is 0.0959. The average molecular weight is 321 g/mol. The Morgan fingerprint density at radius 2 is 2.13 bits per heavy atom. The number of urea groups is 1. The van der Waals surface area contributed by atoms with Gasteiger partial charge in [0.2, 0.25) is 11.8 Å². The fraction of sp³-hybridized carbons (Fsp3) is 0.438. The molecule has 23 heavy (non-hydrogen) atoms. The van der Waals surface area contributed by atoms with Gasteiger partial charge < -0.3 is 10.2 Å². The third-order valence-corrected chi connectivity index (χ3v) is 3.64. The average Bonchev–Trinajstić information content (AvgIpc) is 2.73. The monoisotopic (exact) mass is 321 g/mol. The molecule has 0 radical (unpaired) electrons. The van der Waals surface area contributed by atoms with E-state index in [1.165, 1.54) is 21.9 Å². The molecule has 0 unspecified atom stereocenters. The van der Waals surface area contributed by atoms with Gasteiger partial charge in [-0.1, -0.05) is 12.1 Å². The SMILES string of the molecule is CN1CC(=O)N(CCCC(=O)NCCc2cccc(F)c2)C1=O. The number of nitrogens with one attached hydrogen (secondary N) is 1. The van der Waals surface area contributed by atoms with Gasteiger partial charge in [0.15, 0.2) is 0 Å². The lowest BCUT2D eigenvalue weighted by atomic mass is 10.1. The molecular weight excluding hydrogens is 301 g/mol. The maximum atomic E-state index is 13.0. The summed E-state index contributed by atoms with van der Waals surface area (Å²) in [5.41, 5.74) is 0.821. The van der Waals surface area contributed by atoms with Crippen molar-refractivity contribution in [1.29, 1.82) is 0 Å². The molecule has 1 N–H and O–H groups in total. The van der Waals surface area contributed by atoms with Crippen LogP contribution >= 0.6 is 0 Å². The minimum Gasteiger partial charge on any atom is -0.356 e. The molecule has 1 saturated heterocycles. The number of likely N-dealkylation sites (N-methyl/N-ethyl adjacent to an activating group) is 1. The zero-order chi connectivity index (χ0) is 16.8. The van der Waals surface area contributed by atoms with Crippen molar-refractivity contribution in [1.82, 2.24) is 15.1 Å². The van der Waals surface area contributed by atoms with Crippen LogP contribution in [0.3, 0.4) is 0 Å². The van der Waals surface area contributed by atoms with E-state index in [0.717, 1.165) is 5.56 Å². The number of halogens is 1. The van der Waals surface area contributed by atoms with Crippen LogP contribution in [0.1, 0.15) is 18.4 Å². The van der Waals surface area contributed by atoms with Gasteiger partial charge in [0.1, 0.15) is 12.4 Å². The highest BCUT2D eigenvalue weighted by Crippen LogP contribution is 2.09. The van der Waals surface area contributed by atoms with Crippen LogP contribution in [0.15, 0.2) is 24.3 Å². The van der Waals surface area contributed by atoms with Crippen molar-refractivity contribution >= 4 is 17.8 Å². The molecule has 7 heteroatoms. The molecule has 0 aliphatic carbocycles. The molecule has 0 saturated carbocycles. The van der Waals surface area contributed by atoms with E-state index in [4.69, 9.17) is 0 Å². The highest BCUT2D eigenvalue weighted by atomic mass is 19.1. The second-order valence-electron chi connectivity index (χ2n) is 5.52. The van der Waals surface area contributed by atoms with E-state index in [2.05, 4.69) is 5.32 Å². The van der Waals surface area contributed by atoms with Crippen molar-refractivity contribution in [2.75, 3.05) is 26.7 Å². The Morgan fingerprint density at radius 3 is 2.78 bits per heavy atom. The van der Waals surface area contributed by atoms with Crippen molar-refractivity contribution < 1.29 is 18.8 Å². The summed E-state index contributed by atoms with van der Waals surface area (Å²) in [6, 6.07) is 5.93. The summed E-state index contributed by atoms with van der Waals surface area (Å²) < 4.78 is 13.0. The Hall–Kier alpha value is -2.44. The van der Waals surface area contributed by atoms with Gasteiger partial charge in [-0.15, -0.1) is 0 Å². The highest BCUT2D eigenvalue weighted by molar-refractivity contribution is 6.01. The number of amides is 4. The predicted molar refractivity (Wildman–Crippen MR) is 82.1 cm³/mol. The van der Waals surface area contributed by atoms with E-state index in [1.54, 1.807) is 19.2 Å². The molecule has 4 amide bonds. The van der Waals surface area contributed by atoms with Gasteiger partial charge in [0.25, 0.3) is 0 Å². The molecule has 0 spiro atoms. The Kier molecular flexibility index (Phi) is 5.67. The van der Waals surface area contributed by atoms with Crippen molar-refractivity contribution in [3.63, 3.8) is 0 Å². The molecule has 1 fully saturated rings. The lowest BCUT2D eigenvalue weighted by molar-refractivity contribution is -0.126. The summed E-state index contributed by atoms with van der Waals surface area (Å²) in [7, 11) is 1.57. The number of hydrogen-bond acceptors (Lipinski definition) is 3. The quantitative estimate of drug-likeness (QED) is 0.766. The molecule has 1 aromatic rings. The summed E-state index contributed by atoms with van der Waals surface area (Å²) in [6.45, 7) is 0.768. The van der Waals surface area contributed by atoms with Gasteiger partial charge in [-0.25, -0.2) is 9.18 Å². The summed E-state index contributed by atoms with van der Waals surface area (Å²) in [5.74, 6) is -0.670. The van der Waals surface area contributed by atoms with E-state index >= 15 is 0 Å². The van der Waals surface area contributed by atoms with Crippen LogP contribution in [0.4, 0.5) is 9.18 Å². The standard InChI is InChI=1S/C16H20FN3O3/c1-19-11-15(22)20(16(19)23)9-3-6-14(21)18-8-7-12-4-2-5-13(17)10-12/h2,4-5,10H,3,6-9,11H2,1H3,(H,18,21). The first-order valence-corrected chi connectivity index (χ1v) is 7.54. The van der Waals surface area contributed by atoms with E-state index in [0.29, 0.717) is 19.4 Å². The smallest absolute Gasteiger partial charge is 0.326 e. The lowest BCUT2D eigenvalue weighted by Crippen LogP contribution is -2.33. The number of rotatable bonds is 7. The maximum absolute atomic E-state index is 13.0. The summed E-state index contributed by atoms with van der Waals surface area (Å²) in [5, 5.41) is 2.75. The number of imide groups is 1. The molecule has 1 aliphatic heterocycles. The van der Waals surface area contributed by atoms with Crippen LogP contribution in [0.2, 0.25) is 0 Å². The Balaban J connectivity index is 1.64. The molecule has 0 atom stereocenters. The van der Waals surface area contributed by atoms with Gasteiger partial charge in [-0.3, -0.25) is 14.5 Å². The Morgan fingerprint density at radius 1 is 1.35 bits per heavy atom. The fourth-order valence-corrected chi connectivity index (χ4v) is 2.41. The predicted octanol–water partition coefficient (Wildman–Crippen LogP) is 1.16. The molecule has 0 aromatic heterocycles. The molecule has 1 aromatic carbocycles. The second-order valence-corrected chi connectivity index (χ2v) is 5.52. The largest absolute Gasteiger partial charge is 0.356 e. The Labute approximate surface area is 134 Å². The number of hydrogen-bond donors (Lipinski definition) is 1. The molecule has 124 valence electrons.